The summed E-state index contributed by atoms with van der Waals surface area (Å²) in [6.45, 7) is 9.90. The summed E-state index contributed by atoms with van der Waals surface area (Å²) in [5.41, 5.74) is 1.78. The van der Waals surface area contributed by atoms with Crippen molar-refractivity contribution in [2.24, 2.45) is 5.92 Å². The fourth-order valence-electron chi connectivity index (χ4n) is 2.65. The molecule has 0 atom stereocenters. The molecule has 0 unspecified atom stereocenters. The Balaban J connectivity index is 1.96. The van der Waals surface area contributed by atoms with Crippen molar-refractivity contribution in [3.05, 3.63) is 28.8 Å². The van der Waals surface area contributed by atoms with Crippen LogP contribution in [0.25, 0.3) is 0 Å². The van der Waals surface area contributed by atoms with Crippen LogP contribution >= 0.6 is 11.6 Å². The first-order chi connectivity index (χ1) is 9.87. The summed E-state index contributed by atoms with van der Waals surface area (Å²) in [6.07, 6.45) is 1.59. The Labute approximate surface area is 133 Å². The smallest absolute Gasteiger partial charge is 0.0653 e. The van der Waals surface area contributed by atoms with Crippen molar-refractivity contribution < 1.29 is 5.11 Å². The Morgan fingerprint density at radius 3 is 2.57 bits per heavy atom. The number of anilines is 1. The largest absolute Gasteiger partial charge is 0.390 e. The van der Waals surface area contributed by atoms with Gasteiger partial charge in [-0.3, -0.25) is 0 Å². The van der Waals surface area contributed by atoms with Gasteiger partial charge in [-0.05, 0) is 49.9 Å². The van der Waals surface area contributed by atoms with Crippen LogP contribution in [0.1, 0.15) is 39.2 Å². The Morgan fingerprint density at radius 2 is 2.00 bits per heavy atom. The number of aliphatic hydroxyl groups is 1. The maximum atomic E-state index is 10.0. The molecule has 2 rings (SSSR count). The third-order valence-electron chi connectivity index (χ3n) is 4.08. The summed E-state index contributed by atoms with van der Waals surface area (Å²) in [5.74, 6) is 0.654. The predicted octanol–water partition coefficient (Wildman–Crippen LogP) is 3.44. The monoisotopic (exact) mass is 310 g/mol. The van der Waals surface area contributed by atoms with E-state index in [1.165, 1.54) is 5.56 Å². The summed E-state index contributed by atoms with van der Waals surface area (Å²) in [5, 5.41) is 14.3. The lowest BCUT2D eigenvalue weighted by molar-refractivity contribution is 0.0351. The van der Waals surface area contributed by atoms with Gasteiger partial charge < -0.3 is 15.3 Å². The van der Waals surface area contributed by atoms with Gasteiger partial charge in [-0.15, -0.1) is 0 Å². The first-order valence-corrected chi connectivity index (χ1v) is 8.22. The number of piperidine rings is 1. The predicted molar refractivity (Wildman–Crippen MR) is 90.1 cm³/mol. The molecule has 0 amide bonds. The Hall–Kier alpha value is -0.770. The van der Waals surface area contributed by atoms with E-state index in [0.717, 1.165) is 49.7 Å². The molecular weight excluding hydrogens is 284 g/mol. The van der Waals surface area contributed by atoms with E-state index in [-0.39, 0.29) is 0 Å². The van der Waals surface area contributed by atoms with Crippen molar-refractivity contribution in [3.8, 4) is 0 Å². The molecule has 4 heteroatoms. The highest BCUT2D eigenvalue weighted by atomic mass is 35.5. The normalized spacial score (nSPS) is 18.3. The molecule has 0 spiro atoms. The quantitative estimate of drug-likeness (QED) is 0.874. The van der Waals surface area contributed by atoms with Crippen LogP contribution in [0.2, 0.25) is 5.02 Å². The zero-order valence-electron chi connectivity index (χ0n) is 13.3. The minimum Gasteiger partial charge on any atom is -0.390 e. The third kappa shape index (κ3) is 4.87. The Bertz CT molecular complexity index is 464. The Kier molecular flexibility index (Phi) is 5.53. The average molecular weight is 311 g/mol. The SMILES string of the molecule is CC(C)CNCc1ccc(N2CCC(C)(O)CC2)c(Cl)c1. The second-order valence-electron chi connectivity index (χ2n) is 6.79. The van der Waals surface area contributed by atoms with Crippen LogP contribution in [0.15, 0.2) is 18.2 Å². The zero-order chi connectivity index (χ0) is 15.5. The van der Waals surface area contributed by atoms with Crippen molar-refractivity contribution in [1.82, 2.24) is 5.32 Å². The van der Waals surface area contributed by atoms with E-state index in [4.69, 9.17) is 11.6 Å². The van der Waals surface area contributed by atoms with Crippen LogP contribution in [0.4, 0.5) is 5.69 Å². The molecule has 0 aliphatic carbocycles. The lowest BCUT2D eigenvalue weighted by Crippen LogP contribution is -2.42. The molecule has 0 saturated carbocycles. The van der Waals surface area contributed by atoms with E-state index < -0.39 is 5.60 Å². The average Bonchev–Trinajstić information content (AvgIpc) is 2.39. The minimum absolute atomic E-state index is 0.524. The molecule has 1 aromatic rings. The molecule has 0 aromatic heterocycles. The van der Waals surface area contributed by atoms with Crippen LogP contribution in [0, 0.1) is 5.92 Å². The van der Waals surface area contributed by atoms with Crippen molar-refractivity contribution >= 4 is 17.3 Å². The summed E-state index contributed by atoms with van der Waals surface area (Å²) in [7, 11) is 0. The van der Waals surface area contributed by atoms with E-state index in [2.05, 4.69) is 42.3 Å². The Morgan fingerprint density at radius 1 is 1.33 bits per heavy atom. The van der Waals surface area contributed by atoms with Gasteiger partial charge in [0, 0.05) is 19.6 Å². The highest BCUT2D eigenvalue weighted by Crippen LogP contribution is 2.31. The first kappa shape index (κ1) is 16.6. The number of hydrogen-bond donors (Lipinski definition) is 2. The van der Waals surface area contributed by atoms with Gasteiger partial charge in [0.25, 0.3) is 0 Å². The van der Waals surface area contributed by atoms with Crippen molar-refractivity contribution in [1.29, 1.82) is 0 Å². The van der Waals surface area contributed by atoms with Gasteiger partial charge in [0.15, 0.2) is 0 Å². The molecule has 118 valence electrons. The molecule has 1 aliphatic heterocycles. The molecule has 0 bridgehead atoms. The maximum Gasteiger partial charge on any atom is 0.0653 e. The van der Waals surface area contributed by atoms with Crippen LogP contribution < -0.4 is 10.2 Å². The van der Waals surface area contributed by atoms with E-state index in [1.54, 1.807) is 0 Å². The van der Waals surface area contributed by atoms with E-state index in [0.29, 0.717) is 5.92 Å². The van der Waals surface area contributed by atoms with E-state index in [1.807, 2.05) is 6.92 Å². The van der Waals surface area contributed by atoms with Gasteiger partial charge in [-0.2, -0.15) is 0 Å². The molecule has 2 N–H and O–H groups in total. The minimum atomic E-state index is -0.524. The standard InChI is InChI=1S/C17H27ClN2O/c1-13(2)11-19-12-14-4-5-16(15(18)10-14)20-8-6-17(3,21)7-9-20/h4-5,10,13,19,21H,6-9,11-12H2,1-3H3. The highest BCUT2D eigenvalue weighted by Gasteiger charge is 2.28. The molecule has 1 fully saturated rings. The second kappa shape index (κ2) is 6.99. The third-order valence-corrected chi connectivity index (χ3v) is 4.38. The van der Waals surface area contributed by atoms with Crippen LogP contribution in [0.5, 0.6) is 0 Å². The first-order valence-electron chi connectivity index (χ1n) is 7.84. The van der Waals surface area contributed by atoms with Gasteiger partial charge in [-0.1, -0.05) is 31.5 Å². The van der Waals surface area contributed by atoms with Gasteiger partial charge >= 0.3 is 0 Å². The van der Waals surface area contributed by atoms with Gasteiger partial charge in [0.1, 0.15) is 0 Å². The van der Waals surface area contributed by atoms with E-state index in [9.17, 15) is 5.11 Å². The maximum absolute atomic E-state index is 10.0. The van der Waals surface area contributed by atoms with Crippen molar-refractivity contribution in [2.75, 3.05) is 24.5 Å². The van der Waals surface area contributed by atoms with Crippen molar-refractivity contribution in [2.45, 2.75) is 45.8 Å². The van der Waals surface area contributed by atoms with Crippen molar-refractivity contribution in [3.63, 3.8) is 0 Å². The molecule has 0 radical (unpaired) electrons. The fraction of sp³-hybridized carbons (Fsp3) is 0.647. The van der Waals surface area contributed by atoms with Gasteiger partial charge in [-0.25, -0.2) is 0 Å². The lowest BCUT2D eigenvalue weighted by Gasteiger charge is -2.37. The number of nitrogens with zero attached hydrogens (tertiary/aromatic N) is 1. The van der Waals surface area contributed by atoms with E-state index >= 15 is 0 Å². The van der Waals surface area contributed by atoms with Gasteiger partial charge in [0.2, 0.25) is 0 Å². The summed E-state index contributed by atoms with van der Waals surface area (Å²) in [6, 6.07) is 6.30. The molecule has 1 saturated heterocycles. The van der Waals surface area contributed by atoms with Crippen LogP contribution in [-0.2, 0) is 6.54 Å². The number of halogens is 1. The molecule has 21 heavy (non-hydrogen) atoms. The number of nitrogens with one attached hydrogen (secondary N) is 1. The number of hydrogen-bond acceptors (Lipinski definition) is 3. The topological polar surface area (TPSA) is 35.5 Å². The molecule has 1 heterocycles. The molecule has 3 nitrogen and oxygen atoms in total. The number of benzene rings is 1. The zero-order valence-corrected chi connectivity index (χ0v) is 14.1. The van der Waals surface area contributed by atoms with Crippen LogP contribution in [-0.4, -0.2) is 30.3 Å². The lowest BCUT2D eigenvalue weighted by atomic mass is 9.93. The summed E-state index contributed by atoms with van der Waals surface area (Å²) in [4.78, 5) is 2.27. The summed E-state index contributed by atoms with van der Waals surface area (Å²) >= 11 is 6.44. The van der Waals surface area contributed by atoms with Gasteiger partial charge in [0.05, 0.1) is 16.3 Å². The number of rotatable bonds is 5. The fourth-order valence-corrected chi connectivity index (χ4v) is 2.97. The van der Waals surface area contributed by atoms with Crippen LogP contribution in [0.3, 0.4) is 0 Å². The summed E-state index contributed by atoms with van der Waals surface area (Å²) < 4.78 is 0. The highest BCUT2D eigenvalue weighted by molar-refractivity contribution is 6.33. The second-order valence-corrected chi connectivity index (χ2v) is 7.20. The molecular formula is C17H27ClN2O. The molecule has 1 aromatic carbocycles. The molecule has 1 aliphatic rings.